The Bertz CT molecular complexity index is 417. The van der Waals surface area contributed by atoms with E-state index in [0.717, 1.165) is 21.4 Å². The minimum atomic E-state index is -0.248. The average Bonchev–Trinajstić information content (AvgIpc) is 2.34. The van der Waals surface area contributed by atoms with Gasteiger partial charge in [0.15, 0.2) is 0 Å². The SMILES string of the molecule is Cc1cc(I)ccc1NC(=O)C1COCCN1. The zero-order valence-corrected chi connectivity index (χ0v) is 11.8. The number of nitrogens with one attached hydrogen (secondary N) is 2. The van der Waals surface area contributed by atoms with Crippen LogP contribution in [0.4, 0.5) is 5.69 Å². The van der Waals surface area contributed by atoms with Gasteiger partial charge in [-0.2, -0.15) is 0 Å². The molecule has 2 rings (SSSR count). The zero-order chi connectivity index (χ0) is 12.3. The van der Waals surface area contributed by atoms with Crippen molar-refractivity contribution in [2.45, 2.75) is 13.0 Å². The predicted molar refractivity (Wildman–Crippen MR) is 75.1 cm³/mol. The van der Waals surface area contributed by atoms with E-state index in [1.807, 2.05) is 25.1 Å². The van der Waals surface area contributed by atoms with Crippen molar-refractivity contribution < 1.29 is 9.53 Å². The van der Waals surface area contributed by atoms with Crippen molar-refractivity contribution in [1.82, 2.24) is 5.32 Å². The van der Waals surface area contributed by atoms with Crippen LogP contribution >= 0.6 is 22.6 Å². The van der Waals surface area contributed by atoms with Crippen molar-refractivity contribution in [3.05, 3.63) is 27.3 Å². The van der Waals surface area contributed by atoms with Crippen molar-refractivity contribution in [3.63, 3.8) is 0 Å². The van der Waals surface area contributed by atoms with Gasteiger partial charge in [-0.15, -0.1) is 0 Å². The predicted octanol–water partition coefficient (Wildman–Crippen LogP) is 1.53. The molecule has 92 valence electrons. The van der Waals surface area contributed by atoms with Gasteiger partial charge in [0.05, 0.1) is 13.2 Å². The van der Waals surface area contributed by atoms with Gasteiger partial charge < -0.3 is 15.4 Å². The molecule has 0 radical (unpaired) electrons. The molecular formula is C12H15IN2O2. The minimum Gasteiger partial charge on any atom is -0.378 e. The second kappa shape index (κ2) is 5.79. The monoisotopic (exact) mass is 346 g/mol. The van der Waals surface area contributed by atoms with Crippen LogP contribution < -0.4 is 10.6 Å². The third kappa shape index (κ3) is 3.40. The molecule has 0 bridgehead atoms. The number of amides is 1. The summed E-state index contributed by atoms with van der Waals surface area (Å²) in [5.41, 5.74) is 1.93. The Labute approximate surface area is 114 Å². The number of hydrogen-bond acceptors (Lipinski definition) is 3. The lowest BCUT2D eigenvalue weighted by Crippen LogP contribution is -2.48. The fraction of sp³-hybridized carbons (Fsp3) is 0.417. The Hall–Kier alpha value is -0.660. The Balaban J connectivity index is 2.02. The number of anilines is 1. The van der Waals surface area contributed by atoms with Crippen LogP contribution in [-0.2, 0) is 9.53 Å². The van der Waals surface area contributed by atoms with Gasteiger partial charge in [-0.3, -0.25) is 4.79 Å². The maximum absolute atomic E-state index is 11.9. The number of carbonyl (C=O) groups is 1. The normalized spacial score (nSPS) is 20.0. The van der Waals surface area contributed by atoms with E-state index in [0.29, 0.717) is 13.2 Å². The molecule has 1 unspecified atom stereocenters. The van der Waals surface area contributed by atoms with Crippen molar-refractivity contribution in [1.29, 1.82) is 0 Å². The molecule has 1 fully saturated rings. The summed E-state index contributed by atoms with van der Waals surface area (Å²) in [4.78, 5) is 11.9. The van der Waals surface area contributed by atoms with E-state index in [1.54, 1.807) is 0 Å². The lowest BCUT2D eigenvalue weighted by atomic mass is 10.2. The Morgan fingerprint density at radius 2 is 2.41 bits per heavy atom. The molecule has 4 nitrogen and oxygen atoms in total. The minimum absolute atomic E-state index is 0.0333. The molecule has 0 aromatic heterocycles. The van der Waals surface area contributed by atoms with Gasteiger partial charge in [0.25, 0.3) is 0 Å². The first kappa shape index (κ1) is 12.8. The highest BCUT2D eigenvalue weighted by Gasteiger charge is 2.21. The molecule has 17 heavy (non-hydrogen) atoms. The van der Waals surface area contributed by atoms with Crippen molar-refractivity contribution >= 4 is 34.2 Å². The van der Waals surface area contributed by atoms with Crippen molar-refractivity contribution in [2.24, 2.45) is 0 Å². The third-order valence-corrected chi connectivity index (χ3v) is 3.36. The van der Waals surface area contributed by atoms with E-state index in [9.17, 15) is 4.79 Å². The summed E-state index contributed by atoms with van der Waals surface area (Å²) in [6.07, 6.45) is 0. The largest absolute Gasteiger partial charge is 0.378 e. The first-order chi connectivity index (χ1) is 8.16. The van der Waals surface area contributed by atoms with Gasteiger partial charge in [-0.05, 0) is 53.3 Å². The molecule has 1 aromatic carbocycles. The number of hydrogen-bond donors (Lipinski definition) is 2. The third-order valence-electron chi connectivity index (χ3n) is 2.68. The standard InChI is InChI=1S/C12H15IN2O2/c1-8-6-9(13)2-3-10(8)15-12(16)11-7-17-5-4-14-11/h2-3,6,11,14H,4-5,7H2,1H3,(H,15,16). The number of benzene rings is 1. The summed E-state index contributed by atoms with van der Waals surface area (Å²) >= 11 is 2.25. The van der Waals surface area contributed by atoms with Crippen LogP contribution in [0.3, 0.4) is 0 Å². The number of carbonyl (C=O) groups excluding carboxylic acids is 1. The molecule has 1 aromatic rings. The van der Waals surface area contributed by atoms with Gasteiger partial charge in [-0.1, -0.05) is 0 Å². The van der Waals surface area contributed by atoms with Gasteiger partial charge in [0.2, 0.25) is 5.91 Å². The molecule has 0 aliphatic carbocycles. The van der Waals surface area contributed by atoms with Crippen molar-refractivity contribution in [2.75, 3.05) is 25.1 Å². The molecule has 1 heterocycles. The fourth-order valence-electron chi connectivity index (χ4n) is 1.72. The summed E-state index contributed by atoms with van der Waals surface area (Å²) in [5.74, 6) is -0.0333. The number of halogens is 1. The van der Waals surface area contributed by atoms with E-state index < -0.39 is 0 Å². The summed E-state index contributed by atoms with van der Waals surface area (Å²) in [7, 11) is 0. The number of ether oxygens (including phenoxy) is 1. The van der Waals surface area contributed by atoms with Gasteiger partial charge in [0.1, 0.15) is 6.04 Å². The molecule has 2 N–H and O–H groups in total. The Kier molecular flexibility index (Phi) is 4.36. The average molecular weight is 346 g/mol. The Morgan fingerprint density at radius 3 is 3.06 bits per heavy atom. The molecule has 1 aliphatic rings. The van der Waals surface area contributed by atoms with Crippen LogP contribution in [0.2, 0.25) is 0 Å². The Morgan fingerprint density at radius 1 is 1.59 bits per heavy atom. The van der Waals surface area contributed by atoms with E-state index >= 15 is 0 Å². The van der Waals surface area contributed by atoms with Crippen LogP contribution in [0.15, 0.2) is 18.2 Å². The maximum Gasteiger partial charge on any atom is 0.243 e. The highest BCUT2D eigenvalue weighted by atomic mass is 127. The van der Waals surface area contributed by atoms with Gasteiger partial charge in [0, 0.05) is 15.8 Å². The topological polar surface area (TPSA) is 50.4 Å². The van der Waals surface area contributed by atoms with Crippen LogP contribution in [-0.4, -0.2) is 31.7 Å². The van der Waals surface area contributed by atoms with Crippen LogP contribution in [0, 0.1) is 10.5 Å². The maximum atomic E-state index is 11.9. The lowest BCUT2D eigenvalue weighted by molar-refractivity contribution is -0.120. The molecule has 1 amide bonds. The summed E-state index contributed by atoms with van der Waals surface area (Å²) in [5, 5.41) is 6.05. The van der Waals surface area contributed by atoms with Crippen LogP contribution in [0.1, 0.15) is 5.56 Å². The molecule has 1 aliphatic heterocycles. The summed E-state index contributed by atoms with van der Waals surface area (Å²) in [6, 6.07) is 5.70. The first-order valence-corrected chi connectivity index (χ1v) is 6.63. The van der Waals surface area contributed by atoms with Crippen LogP contribution in [0.25, 0.3) is 0 Å². The van der Waals surface area contributed by atoms with Gasteiger partial charge >= 0.3 is 0 Å². The first-order valence-electron chi connectivity index (χ1n) is 5.55. The highest BCUT2D eigenvalue weighted by molar-refractivity contribution is 14.1. The molecule has 1 atom stereocenters. The van der Waals surface area contributed by atoms with E-state index in [1.165, 1.54) is 0 Å². The lowest BCUT2D eigenvalue weighted by Gasteiger charge is -2.23. The second-order valence-corrected chi connectivity index (χ2v) is 5.28. The van der Waals surface area contributed by atoms with Gasteiger partial charge in [-0.25, -0.2) is 0 Å². The molecular weight excluding hydrogens is 331 g/mol. The quantitative estimate of drug-likeness (QED) is 0.799. The van der Waals surface area contributed by atoms with Crippen molar-refractivity contribution in [3.8, 4) is 0 Å². The number of morpholine rings is 1. The van der Waals surface area contributed by atoms with Crippen LogP contribution in [0.5, 0.6) is 0 Å². The van der Waals surface area contributed by atoms with E-state index in [-0.39, 0.29) is 11.9 Å². The van der Waals surface area contributed by atoms with E-state index in [4.69, 9.17) is 4.74 Å². The molecule has 0 saturated carbocycles. The number of aryl methyl sites for hydroxylation is 1. The highest BCUT2D eigenvalue weighted by Crippen LogP contribution is 2.17. The summed E-state index contributed by atoms with van der Waals surface area (Å²) < 4.78 is 6.43. The zero-order valence-electron chi connectivity index (χ0n) is 9.63. The summed E-state index contributed by atoms with van der Waals surface area (Å²) in [6.45, 7) is 3.83. The van der Waals surface area contributed by atoms with E-state index in [2.05, 4.69) is 33.2 Å². The fourth-order valence-corrected chi connectivity index (χ4v) is 2.37. The smallest absolute Gasteiger partial charge is 0.243 e. The molecule has 1 saturated heterocycles. The molecule has 5 heteroatoms. The molecule has 0 spiro atoms. The number of rotatable bonds is 2. The second-order valence-electron chi connectivity index (χ2n) is 4.03.